The highest BCUT2D eigenvalue weighted by Gasteiger charge is 2.21. The van der Waals surface area contributed by atoms with Crippen LogP contribution >= 0.6 is 15.9 Å². The first-order valence-corrected chi connectivity index (χ1v) is 6.04. The van der Waals surface area contributed by atoms with E-state index in [9.17, 15) is 0 Å². The number of halogens is 1. The Balaban J connectivity index is 2.40. The van der Waals surface area contributed by atoms with Crippen molar-refractivity contribution < 1.29 is 19.0 Å². The zero-order valence-electron chi connectivity index (χ0n) is 9.49. The van der Waals surface area contributed by atoms with Crippen LogP contribution in [0.2, 0.25) is 0 Å². The van der Waals surface area contributed by atoms with E-state index in [1.165, 1.54) is 0 Å². The van der Waals surface area contributed by atoms with Gasteiger partial charge in [-0.2, -0.15) is 0 Å². The van der Waals surface area contributed by atoms with Gasteiger partial charge in [0.15, 0.2) is 11.5 Å². The van der Waals surface area contributed by atoms with Gasteiger partial charge in [-0.3, -0.25) is 0 Å². The van der Waals surface area contributed by atoms with Gasteiger partial charge in [0.1, 0.15) is 23.4 Å². The van der Waals surface area contributed by atoms with Gasteiger partial charge in [-0.1, -0.05) is 0 Å². The van der Waals surface area contributed by atoms with Crippen LogP contribution in [0.4, 0.5) is 0 Å². The lowest BCUT2D eigenvalue weighted by Gasteiger charge is -2.22. The number of hydrogen-bond acceptors (Lipinski definition) is 5. The fourth-order valence-corrected chi connectivity index (χ4v) is 2.48. The lowest BCUT2D eigenvalue weighted by atomic mass is 10.1. The lowest BCUT2D eigenvalue weighted by molar-refractivity contribution is 0.140. The zero-order valence-corrected chi connectivity index (χ0v) is 11.1. The molecular formula is C11H14BrNO4. The number of fused-ring (bicyclic) bond motifs is 1. The largest absolute Gasteiger partial charge is 0.495 e. The Morgan fingerprint density at radius 3 is 2.88 bits per heavy atom. The maximum absolute atomic E-state index is 5.55. The Hall–Kier alpha value is -0.980. The average molecular weight is 304 g/mol. The average Bonchev–Trinajstić information content (AvgIpc) is 2.36. The molecule has 0 amide bonds. The summed E-state index contributed by atoms with van der Waals surface area (Å²) in [5.74, 6) is 7.17. The summed E-state index contributed by atoms with van der Waals surface area (Å²) < 4.78 is 17.2. The van der Waals surface area contributed by atoms with Gasteiger partial charge < -0.3 is 19.0 Å². The summed E-state index contributed by atoms with van der Waals surface area (Å²) in [4.78, 5) is 4.59. The molecule has 2 rings (SSSR count). The highest BCUT2D eigenvalue weighted by molar-refractivity contribution is 9.10. The van der Waals surface area contributed by atoms with Crippen molar-refractivity contribution in [2.24, 2.45) is 5.90 Å². The van der Waals surface area contributed by atoms with E-state index >= 15 is 0 Å². The molecule has 0 spiro atoms. The van der Waals surface area contributed by atoms with Crippen molar-refractivity contribution in [1.82, 2.24) is 0 Å². The number of rotatable bonds is 4. The fourth-order valence-electron chi connectivity index (χ4n) is 1.75. The molecule has 0 fully saturated rings. The third-order valence-corrected chi connectivity index (χ3v) is 3.22. The summed E-state index contributed by atoms with van der Waals surface area (Å²) in [6, 6.07) is 1.90. The van der Waals surface area contributed by atoms with E-state index in [-0.39, 0.29) is 0 Å². The molecular weight excluding hydrogens is 290 g/mol. The molecule has 0 aromatic heterocycles. The molecule has 1 aliphatic rings. The molecule has 2 N–H and O–H groups in total. The Bertz CT molecular complexity index is 411. The van der Waals surface area contributed by atoms with Crippen molar-refractivity contribution in [3.05, 3.63) is 16.1 Å². The van der Waals surface area contributed by atoms with Crippen LogP contribution in [0.25, 0.3) is 0 Å². The Kier molecular flexibility index (Phi) is 4.09. The Morgan fingerprint density at radius 2 is 2.18 bits per heavy atom. The molecule has 1 aromatic carbocycles. The second-order valence-corrected chi connectivity index (χ2v) is 4.32. The van der Waals surface area contributed by atoms with Gasteiger partial charge >= 0.3 is 0 Å². The molecule has 0 aliphatic carbocycles. The monoisotopic (exact) mass is 303 g/mol. The van der Waals surface area contributed by atoms with Crippen LogP contribution in [-0.4, -0.2) is 26.9 Å². The van der Waals surface area contributed by atoms with E-state index in [4.69, 9.17) is 20.1 Å². The topological polar surface area (TPSA) is 62.9 Å². The first kappa shape index (κ1) is 12.5. The van der Waals surface area contributed by atoms with Crippen LogP contribution in [0.5, 0.6) is 17.2 Å². The summed E-state index contributed by atoms with van der Waals surface area (Å²) in [5, 5.41) is 0. The number of nitrogens with two attached hydrogens (primary N) is 1. The lowest BCUT2D eigenvalue weighted by Crippen LogP contribution is -2.16. The van der Waals surface area contributed by atoms with Crippen LogP contribution in [0.1, 0.15) is 5.56 Å². The van der Waals surface area contributed by atoms with Crippen molar-refractivity contribution >= 4 is 15.9 Å². The van der Waals surface area contributed by atoms with Crippen LogP contribution in [-0.2, 0) is 11.3 Å². The second kappa shape index (κ2) is 5.57. The van der Waals surface area contributed by atoms with E-state index in [1.807, 2.05) is 6.07 Å². The summed E-state index contributed by atoms with van der Waals surface area (Å²) in [6.45, 7) is 1.51. The molecule has 94 valence electrons. The molecule has 1 heterocycles. The molecule has 0 radical (unpaired) electrons. The number of ether oxygens (including phenoxy) is 3. The molecule has 0 unspecified atom stereocenters. The molecule has 1 aliphatic heterocycles. The summed E-state index contributed by atoms with van der Waals surface area (Å²) in [6.07, 6.45) is 0.648. The van der Waals surface area contributed by atoms with Gasteiger partial charge in [-0.15, -0.1) is 0 Å². The van der Waals surface area contributed by atoms with Crippen molar-refractivity contribution in [1.29, 1.82) is 0 Å². The van der Waals surface area contributed by atoms with Crippen molar-refractivity contribution in [3.8, 4) is 17.2 Å². The molecule has 0 bridgehead atoms. The normalized spacial score (nSPS) is 13.6. The second-order valence-electron chi connectivity index (χ2n) is 3.53. The summed E-state index contributed by atoms with van der Waals surface area (Å²) in [5.41, 5.74) is 0.967. The highest BCUT2D eigenvalue weighted by atomic mass is 79.9. The Morgan fingerprint density at radius 1 is 1.41 bits per heavy atom. The zero-order chi connectivity index (χ0) is 12.3. The number of methoxy groups -OCH3 is 1. The van der Waals surface area contributed by atoms with E-state index < -0.39 is 0 Å². The maximum atomic E-state index is 5.55. The molecule has 6 heteroatoms. The molecule has 0 saturated carbocycles. The third kappa shape index (κ3) is 2.48. The smallest absolute Gasteiger partial charge is 0.179 e. The standard InChI is InChI=1S/C11H14BrNO4/c1-14-10-7(2-3-17-13)6-8-11(9(10)12)16-5-4-15-8/h6H,2-5,13H2,1H3. The predicted octanol–water partition coefficient (Wildman–Crippen LogP) is 1.66. The van der Waals surface area contributed by atoms with Crippen molar-refractivity contribution in [3.63, 3.8) is 0 Å². The molecule has 0 atom stereocenters. The quantitative estimate of drug-likeness (QED) is 0.857. The summed E-state index contributed by atoms with van der Waals surface area (Å²) in [7, 11) is 1.61. The molecule has 5 nitrogen and oxygen atoms in total. The van der Waals surface area contributed by atoms with Gasteiger partial charge in [0.2, 0.25) is 0 Å². The maximum Gasteiger partial charge on any atom is 0.179 e. The third-order valence-electron chi connectivity index (χ3n) is 2.50. The highest BCUT2D eigenvalue weighted by Crippen LogP contribution is 2.45. The van der Waals surface area contributed by atoms with Gasteiger partial charge in [-0.25, -0.2) is 5.90 Å². The minimum Gasteiger partial charge on any atom is -0.495 e. The number of benzene rings is 1. The molecule has 1 aromatic rings. The predicted molar refractivity (Wildman–Crippen MR) is 65.5 cm³/mol. The first-order chi connectivity index (χ1) is 8.27. The van der Waals surface area contributed by atoms with Crippen LogP contribution in [0.3, 0.4) is 0 Å². The van der Waals surface area contributed by atoms with Gasteiger partial charge in [0.25, 0.3) is 0 Å². The van der Waals surface area contributed by atoms with Crippen LogP contribution in [0.15, 0.2) is 10.5 Å². The summed E-state index contributed by atoms with van der Waals surface area (Å²) >= 11 is 3.47. The fraction of sp³-hybridized carbons (Fsp3) is 0.455. The van der Waals surface area contributed by atoms with Crippen molar-refractivity contribution in [2.45, 2.75) is 6.42 Å². The van der Waals surface area contributed by atoms with Crippen LogP contribution < -0.4 is 20.1 Å². The van der Waals surface area contributed by atoms with E-state index in [0.717, 1.165) is 21.5 Å². The molecule has 0 saturated heterocycles. The van der Waals surface area contributed by atoms with E-state index in [2.05, 4.69) is 20.8 Å². The minimum atomic E-state index is 0.419. The van der Waals surface area contributed by atoms with Crippen LogP contribution in [0, 0.1) is 0 Å². The van der Waals surface area contributed by atoms with Gasteiger partial charge in [0.05, 0.1) is 13.7 Å². The first-order valence-electron chi connectivity index (χ1n) is 5.24. The minimum absolute atomic E-state index is 0.419. The SMILES string of the molecule is COc1c(CCON)cc2c(c1Br)OCCO2. The van der Waals surface area contributed by atoms with E-state index in [0.29, 0.717) is 32.0 Å². The Labute approximate surface area is 108 Å². The van der Waals surface area contributed by atoms with E-state index in [1.54, 1.807) is 7.11 Å². The van der Waals surface area contributed by atoms with Gasteiger partial charge in [-0.05, 0) is 22.0 Å². The van der Waals surface area contributed by atoms with Crippen molar-refractivity contribution in [2.75, 3.05) is 26.9 Å². The molecule has 17 heavy (non-hydrogen) atoms. The number of hydrogen-bond donors (Lipinski definition) is 1. The van der Waals surface area contributed by atoms with Gasteiger partial charge in [0, 0.05) is 12.0 Å².